The molecule has 0 radical (unpaired) electrons. The van der Waals surface area contributed by atoms with E-state index in [4.69, 9.17) is 0 Å². The van der Waals surface area contributed by atoms with Crippen LogP contribution in [0.4, 0.5) is 18.9 Å². The zero-order valence-corrected chi connectivity index (χ0v) is 12.9. The lowest BCUT2D eigenvalue weighted by Gasteiger charge is -2.10. The molecule has 130 valence electrons. The maximum absolute atomic E-state index is 12.7. The third-order valence-electron chi connectivity index (χ3n) is 3.62. The zero-order valence-electron chi connectivity index (χ0n) is 12.9. The number of nitrogens with one attached hydrogen (secondary N) is 2. The highest BCUT2D eigenvalue weighted by Gasteiger charge is 2.30. The average molecular weight is 349 g/mol. The van der Waals surface area contributed by atoms with Gasteiger partial charge in [0, 0.05) is 24.1 Å². The SMILES string of the molecule is O=C(Nc1cccc(C(F)(F)F)c1)c1cncc(C(=O)NC2CC2)c1. The van der Waals surface area contributed by atoms with Crippen LogP contribution >= 0.6 is 0 Å². The van der Waals surface area contributed by atoms with Crippen LogP contribution in [0.3, 0.4) is 0 Å². The molecule has 1 heterocycles. The van der Waals surface area contributed by atoms with Gasteiger partial charge in [-0.1, -0.05) is 6.07 Å². The molecule has 0 saturated heterocycles. The van der Waals surface area contributed by atoms with E-state index in [9.17, 15) is 22.8 Å². The van der Waals surface area contributed by atoms with Gasteiger partial charge in [0.1, 0.15) is 0 Å². The summed E-state index contributed by atoms with van der Waals surface area (Å²) in [6.45, 7) is 0. The molecule has 0 atom stereocenters. The van der Waals surface area contributed by atoms with Gasteiger partial charge in [-0.05, 0) is 37.1 Å². The molecular formula is C17H14F3N3O2. The van der Waals surface area contributed by atoms with Gasteiger partial charge in [-0.15, -0.1) is 0 Å². The van der Waals surface area contributed by atoms with Crippen molar-refractivity contribution in [2.75, 3.05) is 5.32 Å². The summed E-state index contributed by atoms with van der Waals surface area (Å²) in [7, 11) is 0. The second-order valence-electron chi connectivity index (χ2n) is 5.74. The largest absolute Gasteiger partial charge is 0.416 e. The highest BCUT2D eigenvalue weighted by Crippen LogP contribution is 2.30. The van der Waals surface area contributed by atoms with Crippen molar-refractivity contribution in [3.63, 3.8) is 0 Å². The van der Waals surface area contributed by atoms with Crippen molar-refractivity contribution in [2.24, 2.45) is 0 Å². The van der Waals surface area contributed by atoms with E-state index in [-0.39, 0.29) is 28.8 Å². The average Bonchev–Trinajstić information content (AvgIpc) is 3.38. The Morgan fingerprint density at radius 2 is 1.72 bits per heavy atom. The fourth-order valence-electron chi connectivity index (χ4n) is 2.16. The number of benzene rings is 1. The van der Waals surface area contributed by atoms with Crippen LogP contribution in [0.2, 0.25) is 0 Å². The van der Waals surface area contributed by atoms with E-state index in [0.29, 0.717) is 0 Å². The molecule has 1 aromatic carbocycles. The van der Waals surface area contributed by atoms with Crippen LogP contribution in [-0.2, 0) is 6.18 Å². The van der Waals surface area contributed by atoms with Crippen LogP contribution < -0.4 is 10.6 Å². The number of carbonyl (C=O) groups is 2. The van der Waals surface area contributed by atoms with Gasteiger partial charge in [-0.3, -0.25) is 14.6 Å². The second kappa shape index (κ2) is 6.54. The number of anilines is 1. The third kappa shape index (κ3) is 4.34. The first-order valence-corrected chi connectivity index (χ1v) is 7.57. The highest BCUT2D eigenvalue weighted by molar-refractivity contribution is 6.05. The summed E-state index contributed by atoms with van der Waals surface area (Å²) in [5, 5.41) is 5.15. The molecule has 0 bridgehead atoms. The van der Waals surface area contributed by atoms with Crippen molar-refractivity contribution in [1.29, 1.82) is 0 Å². The molecule has 1 aromatic heterocycles. The van der Waals surface area contributed by atoms with Crippen molar-refractivity contribution in [1.82, 2.24) is 10.3 Å². The molecular weight excluding hydrogens is 335 g/mol. The molecule has 5 nitrogen and oxygen atoms in total. The molecule has 0 unspecified atom stereocenters. The van der Waals surface area contributed by atoms with Crippen LogP contribution in [-0.4, -0.2) is 22.8 Å². The van der Waals surface area contributed by atoms with E-state index in [1.54, 1.807) is 0 Å². The lowest BCUT2D eigenvalue weighted by Crippen LogP contribution is -2.26. The summed E-state index contributed by atoms with van der Waals surface area (Å²) in [5.41, 5.74) is -0.543. The number of halogens is 3. The van der Waals surface area contributed by atoms with E-state index >= 15 is 0 Å². The fraction of sp³-hybridized carbons (Fsp3) is 0.235. The molecule has 1 fully saturated rings. The van der Waals surface area contributed by atoms with E-state index in [2.05, 4.69) is 15.6 Å². The molecule has 3 rings (SSSR count). The van der Waals surface area contributed by atoms with Gasteiger partial charge < -0.3 is 10.6 Å². The Kier molecular flexibility index (Phi) is 4.43. The lowest BCUT2D eigenvalue weighted by atomic mass is 10.1. The van der Waals surface area contributed by atoms with E-state index < -0.39 is 17.6 Å². The minimum atomic E-state index is -4.50. The maximum atomic E-state index is 12.7. The van der Waals surface area contributed by atoms with Crippen LogP contribution in [0, 0.1) is 0 Å². The van der Waals surface area contributed by atoms with Gasteiger partial charge in [0.2, 0.25) is 0 Å². The zero-order chi connectivity index (χ0) is 18.0. The smallest absolute Gasteiger partial charge is 0.349 e. The molecule has 2 N–H and O–H groups in total. The Bertz CT molecular complexity index is 817. The monoisotopic (exact) mass is 349 g/mol. The Balaban J connectivity index is 1.74. The Morgan fingerprint density at radius 3 is 2.36 bits per heavy atom. The maximum Gasteiger partial charge on any atom is 0.416 e. The van der Waals surface area contributed by atoms with E-state index in [0.717, 1.165) is 25.0 Å². The van der Waals surface area contributed by atoms with Crippen molar-refractivity contribution in [2.45, 2.75) is 25.1 Å². The standard InChI is InChI=1S/C17H14F3N3O2/c18-17(19,20)12-2-1-3-14(7-12)23-16(25)11-6-10(8-21-9-11)15(24)22-13-4-5-13/h1-3,6-9,13H,4-5H2,(H,22,24)(H,23,25). The number of rotatable bonds is 4. The first kappa shape index (κ1) is 16.9. The number of carbonyl (C=O) groups excluding carboxylic acids is 2. The summed E-state index contributed by atoms with van der Waals surface area (Å²) < 4.78 is 38.1. The molecule has 1 aliphatic carbocycles. The van der Waals surface area contributed by atoms with E-state index in [1.807, 2.05) is 0 Å². The van der Waals surface area contributed by atoms with Gasteiger partial charge in [-0.2, -0.15) is 13.2 Å². The molecule has 2 aromatic rings. The predicted octanol–water partition coefficient (Wildman–Crippen LogP) is 3.24. The molecule has 1 aliphatic rings. The lowest BCUT2D eigenvalue weighted by molar-refractivity contribution is -0.137. The fourth-order valence-corrected chi connectivity index (χ4v) is 2.16. The van der Waals surface area contributed by atoms with Crippen LogP contribution in [0.15, 0.2) is 42.7 Å². The Hall–Kier alpha value is -2.90. The van der Waals surface area contributed by atoms with Gasteiger partial charge in [0.05, 0.1) is 16.7 Å². The number of alkyl halides is 3. The number of hydrogen-bond donors (Lipinski definition) is 2. The number of hydrogen-bond acceptors (Lipinski definition) is 3. The Labute approximate surface area is 141 Å². The quantitative estimate of drug-likeness (QED) is 0.890. The predicted molar refractivity (Wildman–Crippen MR) is 84.1 cm³/mol. The van der Waals surface area contributed by atoms with E-state index in [1.165, 1.54) is 30.6 Å². The first-order valence-electron chi connectivity index (χ1n) is 7.57. The summed E-state index contributed by atoms with van der Waals surface area (Å²) in [4.78, 5) is 28.0. The third-order valence-corrected chi connectivity index (χ3v) is 3.62. The minimum Gasteiger partial charge on any atom is -0.349 e. The summed E-state index contributed by atoms with van der Waals surface area (Å²) in [6, 6.07) is 5.83. The molecule has 8 heteroatoms. The molecule has 0 aliphatic heterocycles. The minimum absolute atomic E-state index is 0.00709. The number of amides is 2. The van der Waals surface area contributed by atoms with Crippen LogP contribution in [0.1, 0.15) is 39.1 Å². The highest BCUT2D eigenvalue weighted by atomic mass is 19.4. The summed E-state index contributed by atoms with van der Waals surface area (Å²) in [6.07, 6.45) is -0.0670. The number of pyridine rings is 1. The summed E-state index contributed by atoms with van der Waals surface area (Å²) >= 11 is 0. The van der Waals surface area contributed by atoms with Crippen molar-refractivity contribution < 1.29 is 22.8 Å². The molecule has 0 spiro atoms. The topological polar surface area (TPSA) is 71.1 Å². The number of aromatic nitrogens is 1. The van der Waals surface area contributed by atoms with Crippen LogP contribution in [0.25, 0.3) is 0 Å². The molecule has 1 saturated carbocycles. The van der Waals surface area contributed by atoms with Crippen LogP contribution in [0.5, 0.6) is 0 Å². The normalized spacial score (nSPS) is 14.0. The van der Waals surface area contributed by atoms with Crippen molar-refractivity contribution in [3.05, 3.63) is 59.4 Å². The van der Waals surface area contributed by atoms with Gasteiger partial charge in [0.25, 0.3) is 11.8 Å². The second-order valence-corrected chi connectivity index (χ2v) is 5.74. The van der Waals surface area contributed by atoms with Gasteiger partial charge in [-0.25, -0.2) is 0 Å². The molecule has 25 heavy (non-hydrogen) atoms. The summed E-state index contributed by atoms with van der Waals surface area (Å²) in [5.74, 6) is -0.975. The van der Waals surface area contributed by atoms with Crippen molar-refractivity contribution >= 4 is 17.5 Å². The number of nitrogens with zero attached hydrogens (tertiary/aromatic N) is 1. The Morgan fingerprint density at radius 1 is 1.04 bits per heavy atom. The van der Waals surface area contributed by atoms with Gasteiger partial charge in [0.15, 0.2) is 0 Å². The van der Waals surface area contributed by atoms with Crippen molar-refractivity contribution in [3.8, 4) is 0 Å². The molecule has 2 amide bonds. The first-order chi connectivity index (χ1) is 11.8. The van der Waals surface area contributed by atoms with Gasteiger partial charge >= 0.3 is 6.18 Å².